The molecule has 4 nitrogen and oxygen atoms in total. The number of hydrogen-bond acceptors (Lipinski definition) is 4. The molecule has 0 spiro atoms. The van der Waals surface area contributed by atoms with Crippen LogP contribution >= 0.6 is 11.6 Å². The Morgan fingerprint density at radius 3 is 2.64 bits per heavy atom. The third kappa shape index (κ3) is 6.53. The second-order valence-corrected chi connectivity index (χ2v) is 6.54. The van der Waals surface area contributed by atoms with Gasteiger partial charge in [0.25, 0.3) is 0 Å². The van der Waals surface area contributed by atoms with Crippen molar-refractivity contribution in [2.24, 2.45) is 5.92 Å². The second-order valence-electron chi connectivity index (χ2n) is 6.10. The number of β-amino-alcohol motifs (C(OH)–C–C–N with tert-alkyl or cyclic N) is 1. The molecule has 1 heterocycles. The standard InChI is InChI=1S/C17H27ClN2O2/c1-14(21)13-20-9-6-15(7-10-20)12-19-8-11-22-17-4-2-16(18)3-5-17/h2-5,14-15,19,21H,6-13H2,1H3. The van der Waals surface area contributed by atoms with E-state index in [1.54, 1.807) is 0 Å². The van der Waals surface area contributed by atoms with Crippen LogP contribution in [0.1, 0.15) is 19.8 Å². The molecule has 0 aromatic heterocycles. The normalized spacial score (nSPS) is 18.3. The van der Waals surface area contributed by atoms with Crippen LogP contribution in [0.25, 0.3) is 0 Å². The molecule has 2 rings (SSSR count). The Hall–Kier alpha value is -0.810. The highest BCUT2D eigenvalue weighted by molar-refractivity contribution is 6.30. The molecule has 1 saturated heterocycles. The third-order valence-corrected chi connectivity index (χ3v) is 4.28. The Kier molecular flexibility index (Phi) is 7.46. The van der Waals surface area contributed by atoms with Gasteiger partial charge in [0.2, 0.25) is 0 Å². The van der Waals surface area contributed by atoms with E-state index < -0.39 is 0 Å². The quantitative estimate of drug-likeness (QED) is 0.720. The van der Waals surface area contributed by atoms with Gasteiger partial charge in [0.15, 0.2) is 0 Å². The summed E-state index contributed by atoms with van der Waals surface area (Å²) in [5, 5.41) is 13.6. The van der Waals surface area contributed by atoms with E-state index in [2.05, 4.69) is 10.2 Å². The summed E-state index contributed by atoms with van der Waals surface area (Å²) in [6, 6.07) is 7.46. The lowest BCUT2D eigenvalue weighted by molar-refractivity contribution is 0.0996. The van der Waals surface area contributed by atoms with Gasteiger partial charge in [-0.25, -0.2) is 0 Å². The van der Waals surface area contributed by atoms with Crippen LogP contribution in [0.4, 0.5) is 0 Å². The van der Waals surface area contributed by atoms with E-state index in [4.69, 9.17) is 16.3 Å². The average molecular weight is 327 g/mol. The van der Waals surface area contributed by atoms with Crippen LogP contribution in [-0.4, -0.2) is 55.4 Å². The fourth-order valence-electron chi connectivity index (χ4n) is 2.82. The first-order chi connectivity index (χ1) is 10.6. The molecule has 124 valence electrons. The summed E-state index contributed by atoms with van der Waals surface area (Å²) in [5.41, 5.74) is 0. The molecule has 1 aliphatic rings. The fraction of sp³-hybridized carbons (Fsp3) is 0.647. The highest BCUT2D eigenvalue weighted by Gasteiger charge is 2.19. The zero-order valence-electron chi connectivity index (χ0n) is 13.3. The number of ether oxygens (including phenoxy) is 1. The lowest BCUT2D eigenvalue weighted by Gasteiger charge is -2.32. The van der Waals surface area contributed by atoms with Crippen LogP contribution in [-0.2, 0) is 0 Å². The Labute approximate surface area is 138 Å². The van der Waals surface area contributed by atoms with Gasteiger partial charge in [-0.05, 0) is 69.6 Å². The number of halogens is 1. The molecule has 1 fully saturated rings. The maximum absolute atomic E-state index is 9.40. The van der Waals surface area contributed by atoms with Gasteiger partial charge in [0, 0.05) is 18.1 Å². The van der Waals surface area contributed by atoms with Crippen molar-refractivity contribution < 1.29 is 9.84 Å². The minimum absolute atomic E-state index is 0.223. The molecule has 2 N–H and O–H groups in total. The summed E-state index contributed by atoms with van der Waals surface area (Å²) >= 11 is 5.83. The smallest absolute Gasteiger partial charge is 0.119 e. The van der Waals surface area contributed by atoms with Crippen molar-refractivity contribution in [3.05, 3.63) is 29.3 Å². The fourth-order valence-corrected chi connectivity index (χ4v) is 2.95. The molecule has 1 aromatic carbocycles. The van der Waals surface area contributed by atoms with Gasteiger partial charge in [-0.15, -0.1) is 0 Å². The number of aliphatic hydroxyl groups is 1. The number of rotatable bonds is 8. The molecular weight excluding hydrogens is 300 g/mol. The number of hydrogen-bond donors (Lipinski definition) is 2. The summed E-state index contributed by atoms with van der Waals surface area (Å²) in [4.78, 5) is 2.35. The summed E-state index contributed by atoms with van der Waals surface area (Å²) in [5.74, 6) is 1.60. The Morgan fingerprint density at radius 2 is 2.00 bits per heavy atom. The Bertz CT molecular complexity index is 417. The third-order valence-electron chi connectivity index (χ3n) is 4.02. The minimum atomic E-state index is -0.223. The van der Waals surface area contributed by atoms with E-state index in [-0.39, 0.29) is 6.10 Å². The van der Waals surface area contributed by atoms with Crippen LogP contribution in [0.15, 0.2) is 24.3 Å². The number of nitrogens with one attached hydrogen (secondary N) is 1. The van der Waals surface area contributed by atoms with Crippen LogP contribution in [0, 0.1) is 5.92 Å². The molecule has 5 heteroatoms. The van der Waals surface area contributed by atoms with Crippen LogP contribution in [0.5, 0.6) is 5.75 Å². The zero-order chi connectivity index (χ0) is 15.8. The molecule has 0 amide bonds. The first-order valence-corrected chi connectivity index (χ1v) is 8.51. The first kappa shape index (κ1) is 17.5. The largest absolute Gasteiger partial charge is 0.492 e. The van der Waals surface area contributed by atoms with Gasteiger partial charge in [-0.1, -0.05) is 11.6 Å². The van der Waals surface area contributed by atoms with E-state index in [1.165, 1.54) is 12.8 Å². The van der Waals surface area contributed by atoms with Gasteiger partial charge in [0.05, 0.1) is 6.10 Å². The SMILES string of the molecule is CC(O)CN1CCC(CNCCOc2ccc(Cl)cc2)CC1. The van der Waals surface area contributed by atoms with Gasteiger partial charge < -0.3 is 20.1 Å². The maximum atomic E-state index is 9.40. The van der Waals surface area contributed by atoms with E-state index in [0.717, 1.165) is 49.4 Å². The second kappa shape index (κ2) is 9.36. The number of nitrogens with zero attached hydrogens (tertiary/aromatic N) is 1. The monoisotopic (exact) mass is 326 g/mol. The van der Waals surface area contributed by atoms with Crippen LogP contribution in [0.3, 0.4) is 0 Å². The topological polar surface area (TPSA) is 44.7 Å². The molecule has 1 aromatic rings. The average Bonchev–Trinajstić information content (AvgIpc) is 2.50. The van der Waals surface area contributed by atoms with Crippen molar-refractivity contribution >= 4 is 11.6 Å². The molecule has 0 radical (unpaired) electrons. The van der Waals surface area contributed by atoms with Crippen molar-refractivity contribution in [3.8, 4) is 5.75 Å². The molecule has 0 bridgehead atoms. The lowest BCUT2D eigenvalue weighted by atomic mass is 9.96. The molecule has 1 unspecified atom stereocenters. The molecule has 1 atom stereocenters. The van der Waals surface area contributed by atoms with E-state index in [0.29, 0.717) is 6.61 Å². The van der Waals surface area contributed by atoms with Gasteiger partial charge in [-0.3, -0.25) is 0 Å². The minimum Gasteiger partial charge on any atom is -0.492 e. The van der Waals surface area contributed by atoms with E-state index in [9.17, 15) is 5.11 Å². The maximum Gasteiger partial charge on any atom is 0.119 e. The van der Waals surface area contributed by atoms with Crippen molar-refractivity contribution in [3.63, 3.8) is 0 Å². The van der Waals surface area contributed by atoms with Crippen LogP contribution < -0.4 is 10.1 Å². The number of likely N-dealkylation sites (tertiary alicyclic amines) is 1. The highest BCUT2D eigenvalue weighted by Crippen LogP contribution is 2.17. The summed E-state index contributed by atoms with van der Waals surface area (Å²) in [6.07, 6.45) is 2.19. The predicted octanol–water partition coefficient (Wildman–Crippen LogP) is 2.40. The number of piperidine rings is 1. The van der Waals surface area contributed by atoms with Gasteiger partial charge in [0.1, 0.15) is 12.4 Å². The van der Waals surface area contributed by atoms with E-state index >= 15 is 0 Å². The summed E-state index contributed by atoms with van der Waals surface area (Å²) in [6.45, 7) is 7.42. The van der Waals surface area contributed by atoms with Crippen molar-refractivity contribution in [2.75, 3.05) is 39.3 Å². The number of aliphatic hydroxyl groups excluding tert-OH is 1. The Morgan fingerprint density at radius 1 is 1.32 bits per heavy atom. The highest BCUT2D eigenvalue weighted by atomic mass is 35.5. The van der Waals surface area contributed by atoms with Gasteiger partial charge >= 0.3 is 0 Å². The van der Waals surface area contributed by atoms with E-state index in [1.807, 2.05) is 31.2 Å². The predicted molar refractivity (Wildman–Crippen MR) is 90.7 cm³/mol. The van der Waals surface area contributed by atoms with Crippen LogP contribution in [0.2, 0.25) is 5.02 Å². The van der Waals surface area contributed by atoms with Gasteiger partial charge in [-0.2, -0.15) is 0 Å². The van der Waals surface area contributed by atoms with Crippen molar-refractivity contribution in [1.82, 2.24) is 10.2 Å². The lowest BCUT2D eigenvalue weighted by Crippen LogP contribution is -2.40. The Balaban J connectivity index is 1.52. The molecular formula is C17H27ClN2O2. The van der Waals surface area contributed by atoms with Crippen molar-refractivity contribution in [1.29, 1.82) is 0 Å². The zero-order valence-corrected chi connectivity index (χ0v) is 14.1. The molecule has 0 aliphatic carbocycles. The molecule has 1 aliphatic heterocycles. The molecule has 0 saturated carbocycles. The number of benzene rings is 1. The summed E-state index contributed by atoms with van der Waals surface area (Å²) < 4.78 is 5.65. The summed E-state index contributed by atoms with van der Waals surface area (Å²) in [7, 11) is 0. The molecule has 22 heavy (non-hydrogen) atoms. The first-order valence-electron chi connectivity index (χ1n) is 8.13. The van der Waals surface area contributed by atoms with Crippen molar-refractivity contribution in [2.45, 2.75) is 25.9 Å².